The molecule has 0 radical (unpaired) electrons. The van der Waals surface area contributed by atoms with E-state index in [4.69, 9.17) is 4.74 Å². The lowest BCUT2D eigenvalue weighted by Gasteiger charge is -2.14. The number of halogens is 1. The number of ether oxygens (including phenoxy) is 1. The van der Waals surface area contributed by atoms with Crippen LogP contribution in [-0.2, 0) is 9.53 Å². The van der Waals surface area contributed by atoms with E-state index in [-0.39, 0.29) is 10.8 Å². The number of alkyl halides is 1. The Morgan fingerprint density at radius 3 is 2.88 bits per heavy atom. The van der Waals surface area contributed by atoms with Crippen LogP contribution < -0.4 is 0 Å². The summed E-state index contributed by atoms with van der Waals surface area (Å²) in [5.74, 6) is 0.290. The number of rotatable bonds is 0. The van der Waals surface area contributed by atoms with E-state index in [9.17, 15) is 4.79 Å². The number of hydrogen-bond acceptors (Lipinski definition) is 2. The zero-order valence-electron chi connectivity index (χ0n) is 4.39. The maximum atomic E-state index is 10.6. The van der Waals surface area contributed by atoms with Crippen LogP contribution in [-0.4, -0.2) is 17.4 Å². The Hall–Kier alpha value is 0.110. The van der Waals surface area contributed by atoms with Gasteiger partial charge in [-0.25, -0.2) is 0 Å². The first-order valence-corrected chi connectivity index (χ1v) is 3.48. The van der Waals surface area contributed by atoms with Gasteiger partial charge < -0.3 is 4.74 Å². The van der Waals surface area contributed by atoms with Crippen molar-refractivity contribution in [2.75, 3.05) is 6.61 Å². The Morgan fingerprint density at radius 1 is 1.75 bits per heavy atom. The molecule has 0 aromatic rings. The zero-order valence-corrected chi connectivity index (χ0v) is 5.98. The van der Waals surface area contributed by atoms with Gasteiger partial charge in [-0.2, -0.15) is 0 Å². The van der Waals surface area contributed by atoms with Crippen molar-refractivity contribution in [1.29, 1.82) is 0 Å². The largest absolute Gasteiger partial charge is 0.366 e. The van der Waals surface area contributed by atoms with Crippen molar-refractivity contribution >= 4 is 21.7 Å². The molecule has 1 heterocycles. The smallest absolute Gasteiger partial charge is 0.138 e. The SMILES string of the molecule is O=C1CCOC(Br)C1. The standard InChI is InChI=1S/C5H7BrO2/c6-5-3-4(7)1-2-8-5/h5H,1-3H2. The van der Waals surface area contributed by atoms with Crippen LogP contribution in [0.25, 0.3) is 0 Å². The third kappa shape index (κ3) is 1.56. The van der Waals surface area contributed by atoms with Gasteiger partial charge in [-0.05, 0) is 0 Å². The molecule has 0 spiro atoms. The second-order valence-electron chi connectivity index (χ2n) is 1.77. The Kier molecular flexibility index (Phi) is 2.02. The molecule has 1 aliphatic rings. The molecule has 1 atom stereocenters. The van der Waals surface area contributed by atoms with E-state index in [1.54, 1.807) is 0 Å². The van der Waals surface area contributed by atoms with E-state index in [1.807, 2.05) is 0 Å². The summed E-state index contributed by atoms with van der Waals surface area (Å²) < 4.78 is 5.04. The first kappa shape index (κ1) is 6.23. The van der Waals surface area contributed by atoms with Crippen molar-refractivity contribution < 1.29 is 9.53 Å². The number of carbonyl (C=O) groups is 1. The quantitative estimate of drug-likeness (QED) is 0.520. The van der Waals surface area contributed by atoms with Crippen LogP contribution in [0.3, 0.4) is 0 Å². The second-order valence-corrected chi connectivity index (χ2v) is 2.79. The van der Waals surface area contributed by atoms with Gasteiger partial charge in [0.15, 0.2) is 0 Å². The van der Waals surface area contributed by atoms with Crippen LogP contribution in [0.4, 0.5) is 0 Å². The maximum Gasteiger partial charge on any atom is 0.138 e. The molecule has 1 fully saturated rings. The van der Waals surface area contributed by atoms with Gasteiger partial charge in [0, 0.05) is 12.8 Å². The predicted molar refractivity (Wildman–Crippen MR) is 32.9 cm³/mol. The summed E-state index contributed by atoms with van der Waals surface area (Å²) in [6, 6.07) is 0. The van der Waals surface area contributed by atoms with Crippen molar-refractivity contribution in [3.8, 4) is 0 Å². The predicted octanol–water partition coefficient (Wildman–Crippen LogP) is 1.09. The van der Waals surface area contributed by atoms with E-state index >= 15 is 0 Å². The minimum atomic E-state index is -0.0243. The first-order chi connectivity index (χ1) is 3.79. The van der Waals surface area contributed by atoms with Crippen molar-refractivity contribution in [3.63, 3.8) is 0 Å². The minimum Gasteiger partial charge on any atom is -0.366 e. The van der Waals surface area contributed by atoms with Gasteiger partial charge in [0.1, 0.15) is 10.8 Å². The number of hydrogen-bond donors (Lipinski definition) is 0. The summed E-state index contributed by atoms with van der Waals surface area (Å²) in [6.07, 6.45) is 1.11. The molecule has 0 amide bonds. The molecular weight excluding hydrogens is 172 g/mol. The Balaban J connectivity index is 2.34. The van der Waals surface area contributed by atoms with Crippen LogP contribution in [0.2, 0.25) is 0 Å². The second kappa shape index (κ2) is 2.60. The van der Waals surface area contributed by atoms with Gasteiger partial charge in [0.05, 0.1) is 6.61 Å². The highest BCUT2D eigenvalue weighted by atomic mass is 79.9. The van der Waals surface area contributed by atoms with E-state index in [2.05, 4.69) is 15.9 Å². The molecular formula is C5H7BrO2. The van der Waals surface area contributed by atoms with Crippen LogP contribution in [0.1, 0.15) is 12.8 Å². The molecule has 0 saturated carbocycles. The number of Topliss-reactive ketones (excluding diaryl/α,β-unsaturated/α-hetero) is 1. The average molecular weight is 179 g/mol. The molecule has 1 unspecified atom stereocenters. The van der Waals surface area contributed by atoms with Crippen molar-refractivity contribution in [2.24, 2.45) is 0 Å². The summed E-state index contributed by atoms with van der Waals surface area (Å²) in [6.45, 7) is 0.578. The average Bonchev–Trinajstić information content (AvgIpc) is 1.64. The highest BCUT2D eigenvalue weighted by molar-refractivity contribution is 9.09. The molecule has 0 aromatic heterocycles. The van der Waals surface area contributed by atoms with E-state index in [1.165, 1.54) is 0 Å². The topological polar surface area (TPSA) is 26.3 Å². The normalized spacial score (nSPS) is 30.6. The molecule has 0 bridgehead atoms. The van der Waals surface area contributed by atoms with Crippen molar-refractivity contribution in [3.05, 3.63) is 0 Å². The Morgan fingerprint density at radius 2 is 2.50 bits per heavy atom. The van der Waals surface area contributed by atoms with Crippen LogP contribution >= 0.6 is 15.9 Å². The summed E-state index contributed by atoms with van der Waals surface area (Å²) in [7, 11) is 0. The van der Waals surface area contributed by atoms with Gasteiger partial charge in [-0.15, -0.1) is 0 Å². The van der Waals surface area contributed by atoms with E-state index < -0.39 is 0 Å². The molecule has 1 rings (SSSR count). The number of carbonyl (C=O) groups excluding carboxylic acids is 1. The molecule has 3 heteroatoms. The molecule has 0 aliphatic carbocycles. The van der Waals surface area contributed by atoms with Gasteiger partial charge in [0.2, 0.25) is 0 Å². The summed E-state index contributed by atoms with van der Waals surface area (Å²) in [4.78, 5) is 10.6. The Labute approximate surface area is 56.3 Å². The molecule has 8 heavy (non-hydrogen) atoms. The zero-order chi connectivity index (χ0) is 5.98. The molecule has 0 N–H and O–H groups in total. The maximum absolute atomic E-state index is 10.6. The molecule has 46 valence electrons. The highest BCUT2D eigenvalue weighted by Gasteiger charge is 2.15. The van der Waals surface area contributed by atoms with Gasteiger partial charge in [-0.3, -0.25) is 4.79 Å². The van der Waals surface area contributed by atoms with Crippen LogP contribution in [0.15, 0.2) is 0 Å². The lowest BCUT2D eigenvalue weighted by atomic mass is 10.2. The van der Waals surface area contributed by atoms with Crippen molar-refractivity contribution in [2.45, 2.75) is 17.9 Å². The van der Waals surface area contributed by atoms with Gasteiger partial charge in [0.25, 0.3) is 0 Å². The summed E-state index contributed by atoms with van der Waals surface area (Å²) in [5, 5.41) is -0.0243. The fourth-order valence-corrected chi connectivity index (χ4v) is 1.19. The van der Waals surface area contributed by atoms with Crippen molar-refractivity contribution in [1.82, 2.24) is 0 Å². The fourth-order valence-electron chi connectivity index (χ4n) is 0.641. The third-order valence-electron chi connectivity index (χ3n) is 1.07. The summed E-state index contributed by atoms with van der Waals surface area (Å²) in [5.41, 5.74) is 0. The van der Waals surface area contributed by atoms with E-state index in [0.29, 0.717) is 19.4 Å². The van der Waals surface area contributed by atoms with E-state index in [0.717, 1.165) is 0 Å². The Bertz CT molecular complexity index is 103. The van der Waals surface area contributed by atoms with Gasteiger partial charge in [-0.1, -0.05) is 15.9 Å². The number of ketones is 1. The lowest BCUT2D eigenvalue weighted by molar-refractivity contribution is -0.125. The molecule has 1 saturated heterocycles. The lowest BCUT2D eigenvalue weighted by Crippen LogP contribution is -2.20. The summed E-state index contributed by atoms with van der Waals surface area (Å²) >= 11 is 3.19. The van der Waals surface area contributed by atoms with Gasteiger partial charge >= 0.3 is 0 Å². The van der Waals surface area contributed by atoms with Crippen LogP contribution in [0.5, 0.6) is 0 Å². The van der Waals surface area contributed by atoms with Crippen LogP contribution in [0, 0.1) is 0 Å². The third-order valence-corrected chi connectivity index (χ3v) is 1.66. The highest BCUT2D eigenvalue weighted by Crippen LogP contribution is 2.13. The fraction of sp³-hybridized carbons (Fsp3) is 0.800. The minimum absolute atomic E-state index is 0.0243. The first-order valence-electron chi connectivity index (χ1n) is 2.56. The molecule has 1 aliphatic heterocycles. The monoisotopic (exact) mass is 178 g/mol. The molecule has 0 aromatic carbocycles. The molecule has 2 nitrogen and oxygen atoms in total.